The number of piperazine rings is 1. The van der Waals surface area contributed by atoms with Crippen LogP contribution in [0.25, 0.3) is 0 Å². The van der Waals surface area contributed by atoms with E-state index in [0.29, 0.717) is 0 Å². The molecule has 0 atom stereocenters. The van der Waals surface area contributed by atoms with Crippen molar-refractivity contribution < 1.29 is 4.79 Å². The van der Waals surface area contributed by atoms with Gasteiger partial charge in [0.25, 0.3) is 0 Å². The number of para-hydroxylation sites is 1. The second-order valence-corrected chi connectivity index (χ2v) is 3.97. The molecular weight excluding hydrogens is 236 g/mol. The van der Waals surface area contributed by atoms with Gasteiger partial charge in [-0.1, -0.05) is 39.8 Å². The van der Waals surface area contributed by atoms with Crippen LogP contribution in [0.15, 0.2) is 24.3 Å². The fourth-order valence-electron chi connectivity index (χ4n) is 1.92. The molecule has 0 unspecified atom stereocenters. The van der Waals surface area contributed by atoms with Crippen LogP contribution in [0.3, 0.4) is 0 Å². The molecule has 1 aromatic carbocycles. The number of carbonyl (C=O) groups is 1. The third-order valence-electron chi connectivity index (χ3n) is 2.91. The standard InChI is InChI=1S/C12H16N2O.2C2H6/c1-13-6-8-14(9-7-13)12-5-3-2-4-11(12)10-15;2*1-2/h2-5,10H,6-9H2,1H3;2*1-2H3. The number of likely N-dealkylation sites (N-methyl/N-ethyl adjacent to an activating group) is 1. The lowest BCUT2D eigenvalue weighted by atomic mass is 10.1. The molecule has 0 bridgehead atoms. The van der Waals surface area contributed by atoms with Gasteiger partial charge in [0.1, 0.15) is 0 Å². The average Bonchev–Trinajstić information content (AvgIpc) is 2.52. The molecule has 0 aromatic heterocycles. The Morgan fingerprint density at radius 3 is 2.00 bits per heavy atom. The van der Waals surface area contributed by atoms with Gasteiger partial charge >= 0.3 is 0 Å². The Labute approximate surface area is 118 Å². The molecule has 1 aromatic rings. The first-order valence-electron chi connectivity index (χ1n) is 7.29. The Morgan fingerprint density at radius 2 is 1.47 bits per heavy atom. The van der Waals surface area contributed by atoms with Crippen LogP contribution >= 0.6 is 0 Å². The summed E-state index contributed by atoms with van der Waals surface area (Å²) in [5.41, 5.74) is 1.86. The van der Waals surface area contributed by atoms with Crippen LogP contribution in [-0.4, -0.2) is 44.4 Å². The van der Waals surface area contributed by atoms with E-state index in [1.165, 1.54) is 0 Å². The SMILES string of the molecule is CC.CC.CN1CCN(c2ccccc2C=O)CC1. The summed E-state index contributed by atoms with van der Waals surface area (Å²) in [5, 5.41) is 0. The summed E-state index contributed by atoms with van der Waals surface area (Å²) in [4.78, 5) is 15.5. The second-order valence-electron chi connectivity index (χ2n) is 3.97. The normalized spacial score (nSPS) is 14.7. The summed E-state index contributed by atoms with van der Waals surface area (Å²) < 4.78 is 0. The minimum atomic E-state index is 0.794. The lowest BCUT2D eigenvalue weighted by Gasteiger charge is -2.34. The maximum absolute atomic E-state index is 10.9. The summed E-state index contributed by atoms with van der Waals surface area (Å²) in [7, 11) is 2.13. The molecule has 1 heterocycles. The fourth-order valence-corrected chi connectivity index (χ4v) is 1.92. The van der Waals surface area contributed by atoms with Gasteiger partial charge in [-0.25, -0.2) is 0 Å². The fraction of sp³-hybridized carbons (Fsp3) is 0.562. The zero-order valence-electron chi connectivity index (χ0n) is 13.0. The van der Waals surface area contributed by atoms with Crippen LogP contribution in [0.5, 0.6) is 0 Å². The molecule has 3 nitrogen and oxygen atoms in total. The van der Waals surface area contributed by atoms with Crippen molar-refractivity contribution in [2.75, 3.05) is 38.1 Å². The van der Waals surface area contributed by atoms with Crippen molar-refractivity contribution in [3.05, 3.63) is 29.8 Å². The summed E-state index contributed by atoms with van der Waals surface area (Å²) >= 11 is 0. The predicted molar refractivity (Wildman–Crippen MR) is 84.2 cm³/mol. The number of carbonyl (C=O) groups excluding carboxylic acids is 1. The van der Waals surface area contributed by atoms with Gasteiger partial charge in [0, 0.05) is 37.4 Å². The van der Waals surface area contributed by atoms with Crippen LogP contribution in [0.2, 0.25) is 0 Å². The number of hydrogen-bond donors (Lipinski definition) is 0. The molecule has 1 saturated heterocycles. The van der Waals surface area contributed by atoms with E-state index in [9.17, 15) is 4.79 Å². The minimum absolute atomic E-state index is 0.794. The first-order valence-corrected chi connectivity index (χ1v) is 7.29. The molecule has 0 saturated carbocycles. The van der Waals surface area contributed by atoms with Crippen LogP contribution in [0, 0.1) is 0 Å². The highest BCUT2D eigenvalue weighted by Gasteiger charge is 2.15. The van der Waals surface area contributed by atoms with E-state index in [0.717, 1.165) is 43.7 Å². The average molecular weight is 264 g/mol. The highest BCUT2D eigenvalue weighted by molar-refractivity contribution is 5.84. The van der Waals surface area contributed by atoms with E-state index in [4.69, 9.17) is 0 Å². The smallest absolute Gasteiger partial charge is 0.152 e. The molecule has 1 aliphatic rings. The molecule has 0 spiro atoms. The molecule has 0 aliphatic carbocycles. The predicted octanol–water partition coefficient (Wildman–Crippen LogP) is 3.30. The van der Waals surface area contributed by atoms with Gasteiger partial charge in [0.15, 0.2) is 6.29 Å². The zero-order chi connectivity index (χ0) is 14.7. The Morgan fingerprint density at radius 1 is 0.947 bits per heavy atom. The van der Waals surface area contributed by atoms with E-state index >= 15 is 0 Å². The molecule has 0 N–H and O–H groups in total. The van der Waals surface area contributed by atoms with Crippen molar-refractivity contribution in [1.82, 2.24) is 4.90 Å². The summed E-state index contributed by atoms with van der Waals surface area (Å²) in [6, 6.07) is 7.79. The zero-order valence-corrected chi connectivity index (χ0v) is 13.0. The number of anilines is 1. The molecule has 0 radical (unpaired) electrons. The maximum atomic E-state index is 10.9. The second kappa shape index (κ2) is 10.6. The lowest BCUT2D eigenvalue weighted by Crippen LogP contribution is -2.44. The van der Waals surface area contributed by atoms with Gasteiger partial charge in [-0.15, -0.1) is 0 Å². The first-order chi connectivity index (χ1) is 9.31. The minimum Gasteiger partial charge on any atom is -0.368 e. The van der Waals surface area contributed by atoms with Crippen molar-refractivity contribution in [3.63, 3.8) is 0 Å². The molecule has 19 heavy (non-hydrogen) atoms. The largest absolute Gasteiger partial charge is 0.368 e. The van der Waals surface area contributed by atoms with Crippen LogP contribution in [0.4, 0.5) is 5.69 Å². The molecule has 1 fully saturated rings. The molecular formula is C16H28N2O. The topological polar surface area (TPSA) is 23.6 Å². The van der Waals surface area contributed by atoms with Gasteiger partial charge < -0.3 is 9.80 Å². The van der Waals surface area contributed by atoms with Crippen LogP contribution in [-0.2, 0) is 0 Å². The van der Waals surface area contributed by atoms with E-state index < -0.39 is 0 Å². The van der Waals surface area contributed by atoms with Crippen molar-refractivity contribution in [3.8, 4) is 0 Å². The molecule has 3 heteroatoms. The maximum Gasteiger partial charge on any atom is 0.152 e. The Bertz CT molecular complexity index is 344. The Balaban J connectivity index is 0.000000741. The quantitative estimate of drug-likeness (QED) is 0.766. The Kier molecular flexibility index (Phi) is 9.81. The summed E-state index contributed by atoms with van der Waals surface area (Å²) in [6.45, 7) is 12.1. The molecule has 0 amide bonds. The molecule has 2 rings (SSSR count). The van der Waals surface area contributed by atoms with Crippen molar-refractivity contribution in [1.29, 1.82) is 0 Å². The molecule has 108 valence electrons. The van der Waals surface area contributed by atoms with E-state index in [1.807, 2.05) is 52.0 Å². The van der Waals surface area contributed by atoms with Crippen molar-refractivity contribution in [2.45, 2.75) is 27.7 Å². The van der Waals surface area contributed by atoms with Gasteiger partial charge in [0.05, 0.1) is 0 Å². The molecule has 1 aliphatic heterocycles. The van der Waals surface area contributed by atoms with Gasteiger partial charge in [-0.3, -0.25) is 4.79 Å². The summed E-state index contributed by atoms with van der Waals surface area (Å²) in [6.07, 6.45) is 0.938. The highest BCUT2D eigenvalue weighted by Crippen LogP contribution is 2.19. The third kappa shape index (κ3) is 5.43. The van der Waals surface area contributed by atoms with Crippen molar-refractivity contribution in [2.24, 2.45) is 0 Å². The first kappa shape index (κ1) is 17.6. The number of benzene rings is 1. The monoisotopic (exact) mass is 264 g/mol. The van der Waals surface area contributed by atoms with Gasteiger partial charge in [-0.05, 0) is 19.2 Å². The van der Waals surface area contributed by atoms with Crippen molar-refractivity contribution >= 4 is 12.0 Å². The summed E-state index contributed by atoms with van der Waals surface area (Å²) in [5.74, 6) is 0. The van der Waals surface area contributed by atoms with Crippen LogP contribution < -0.4 is 4.90 Å². The van der Waals surface area contributed by atoms with E-state index in [1.54, 1.807) is 0 Å². The highest BCUT2D eigenvalue weighted by atomic mass is 16.1. The lowest BCUT2D eigenvalue weighted by molar-refractivity contribution is 0.112. The van der Waals surface area contributed by atoms with Gasteiger partial charge in [0.2, 0.25) is 0 Å². The Hall–Kier alpha value is -1.35. The van der Waals surface area contributed by atoms with E-state index in [2.05, 4.69) is 16.8 Å². The van der Waals surface area contributed by atoms with E-state index in [-0.39, 0.29) is 0 Å². The van der Waals surface area contributed by atoms with Gasteiger partial charge in [-0.2, -0.15) is 0 Å². The number of hydrogen-bond acceptors (Lipinski definition) is 3. The number of aldehydes is 1. The van der Waals surface area contributed by atoms with Crippen LogP contribution in [0.1, 0.15) is 38.1 Å². The third-order valence-corrected chi connectivity index (χ3v) is 2.91. The number of nitrogens with zero attached hydrogens (tertiary/aromatic N) is 2. The number of rotatable bonds is 2.